The van der Waals surface area contributed by atoms with Crippen LogP contribution in [0.15, 0.2) is 48.5 Å². The molecule has 1 N–H and O–H groups in total. The lowest BCUT2D eigenvalue weighted by Gasteiger charge is -2.32. The Morgan fingerprint density at radius 3 is 2.48 bits per heavy atom. The fraction of sp³-hybridized carbons (Fsp3) is 0.417. The molecule has 0 saturated carbocycles. The van der Waals surface area contributed by atoms with Crippen LogP contribution in [0.4, 0.5) is 0 Å². The van der Waals surface area contributed by atoms with E-state index in [-0.39, 0.29) is 17.9 Å². The first-order chi connectivity index (χ1) is 14.0. The topological polar surface area (TPSA) is 58.6 Å². The Bertz CT molecular complexity index is 827. The third-order valence-corrected chi connectivity index (χ3v) is 5.52. The molecule has 5 nitrogen and oxygen atoms in total. The van der Waals surface area contributed by atoms with E-state index in [1.165, 1.54) is 5.56 Å². The molecule has 2 amide bonds. The molecule has 0 unspecified atom stereocenters. The first-order valence-corrected chi connectivity index (χ1v) is 10.3. The van der Waals surface area contributed by atoms with Crippen molar-refractivity contribution in [1.82, 2.24) is 10.2 Å². The molecule has 0 bridgehead atoms. The van der Waals surface area contributed by atoms with Gasteiger partial charge in [0.25, 0.3) is 0 Å². The number of carbonyl (C=O) groups excluding carboxylic acids is 2. The first-order valence-electron chi connectivity index (χ1n) is 10.3. The van der Waals surface area contributed by atoms with Crippen LogP contribution < -0.4 is 10.1 Å². The summed E-state index contributed by atoms with van der Waals surface area (Å²) in [6.07, 6.45) is 3.24. The highest BCUT2D eigenvalue weighted by atomic mass is 16.5. The van der Waals surface area contributed by atoms with Crippen molar-refractivity contribution in [2.24, 2.45) is 0 Å². The van der Waals surface area contributed by atoms with Crippen LogP contribution in [0, 0.1) is 6.92 Å². The Morgan fingerprint density at radius 1 is 1.07 bits per heavy atom. The van der Waals surface area contributed by atoms with E-state index in [0.717, 1.165) is 36.1 Å². The van der Waals surface area contributed by atoms with Gasteiger partial charge in [-0.15, -0.1) is 0 Å². The summed E-state index contributed by atoms with van der Waals surface area (Å²) in [5.74, 6) is 1.03. The number of hydrogen-bond donors (Lipinski definition) is 1. The van der Waals surface area contributed by atoms with Gasteiger partial charge in [0.15, 0.2) is 0 Å². The molecule has 2 aromatic rings. The maximum atomic E-state index is 12.6. The smallest absolute Gasteiger partial charge is 0.226 e. The van der Waals surface area contributed by atoms with Gasteiger partial charge in [0.1, 0.15) is 5.75 Å². The minimum absolute atomic E-state index is 0.0883. The summed E-state index contributed by atoms with van der Waals surface area (Å²) in [6.45, 7) is 3.36. The molecule has 1 aliphatic heterocycles. The van der Waals surface area contributed by atoms with E-state index < -0.39 is 0 Å². The summed E-state index contributed by atoms with van der Waals surface area (Å²) < 4.78 is 5.35. The summed E-state index contributed by atoms with van der Waals surface area (Å²) in [5.41, 5.74) is 3.21. The number of ether oxygens (including phenoxy) is 1. The highest BCUT2D eigenvalue weighted by Crippen LogP contribution is 2.20. The van der Waals surface area contributed by atoms with Crippen molar-refractivity contribution >= 4 is 11.8 Å². The molecule has 29 heavy (non-hydrogen) atoms. The van der Waals surface area contributed by atoms with E-state index in [1.807, 2.05) is 60.4 Å². The van der Waals surface area contributed by atoms with Crippen molar-refractivity contribution in [3.8, 4) is 5.75 Å². The number of rotatable bonds is 7. The minimum atomic E-state index is 0.0883. The van der Waals surface area contributed by atoms with E-state index in [9.17, 15) is 9.59 Å². The number of benzene rings is 2. The molecule has 0 radical (unpaired) electrons. The lowest BCUT2D eigenvalue weighted by Crippen LogP contribution is -2.47. The van der Waals surface area contributed by atoms with Gasteiger partial charge in [-0.1, -0.05) is 42.5 Å². The van der Waals surface area contributed by atoms with Crippen LogP contribution in [-0.4, -0.2) is 43.0 Å². The largest absolute Gasteiger partial charge is 0.496 e. The van der Waals surface area contributed by atoms with E-state index in [0.29, 0.717) is 25.9 Å². The number of aryl methyl sites for hydroxylation is 2. The molecule has 0 aromatic heterocycles. The molecular weight excluding hydrogens is 364 g/mol. The zero-order chi connectivity index (χ0) is 20.6. The van der Waals surface area contributed by atoms with Crippen molar-refractivity contribution in [2.45, 2.75) is 45.1 Å². The quantitative estimate of drug-likeness (QED) is 0.784. The van der Waals surface area contributed by atoms with Gasteiger partial charge in [-0.3, -0.25) is 9.59 Å². The molecule has 2 aromatic carbocycles. The zero-order valence-corrected chi connectivity index (χ0v) is 17.3. The Morgan fingerprint density at radius 2 is 1.79 bits per heavy atom. The zero-order valence-electron chi connectivity index (χ0n) is 17.3. The molecule has 0 atom stereocenters. The molecular formula is C24H30N2O3. The summed E-state index contributed by atoms with van der Waals surface area (Å²) in [6, 6.07) is 16.1. The van der Waals surface area contributed by atoms with Crippen molar-refractivity contribution in [2.75, 3.05) is 20.2 Å². The average Bonchev–Trinajstić information content (AvgIpc) is 2.75. The second-order valence-corrected chi connectivity index (χ2v) is 7.69. The van der Waals surface area contributed by atoms with Crippen LogP contribution in [0.5, 0.6) is 5.75 Å². The van der Waals surface area contributed by atoms with Crippen LogP contribution in [0.2, 0.25) is 0 Å². The monoisotopic (exact) mass is 394 g/mol. The minimum Gasteiger partial charge on any atom is -0.496 e. The van der Waals surface area contributed by atoms with Gasteiger partial charge in [-0.25, -0.2) is 0 Å². The maximum absolute atomic E-state index is 12.6. The van der Waals surface area contributed by atoms with E-state index in [2.05, 4.69) is 5.32 Å². The van der Waals surface area contributed by atoms with Gasteiger partial charge in [-0.2, -0.15) is 0 Å². The number of carbonyl (C=O) groups is 2. The van der Waals surface area contributed by atoms with Crippen LogP contribution >= 0.6 is 0 Å². The molecule has 154 valence electrons. The normalized spacial score (nSPS) is 14.5. The van der Waals surface area contributed by atoms with Crippen LogP contribution in [0.1, 0.15) is 36.0 Å². The summed E-state index contributed by atoms with van der Waals surface area (Å²) in [5, 5.41) is 3.13. The molecule has 1 aliphatic rings. The first kappa shape index (κ1) is 20.9. The number of methoxy groups -OCH3 is 1. The van der Waals surface area contributed by atoms with Gasteiger partial charge < -0.3 is 15.0 Å². The van der Waals surface area contributed by atoms with Gasteiger partial charge >= 0.3 is 0 Å². The number of likely N-dealkylation sites (tertiary alicyclic amines) is 1. The fourth-order valence-electron chi connectivity index (χ4n) is 3.74. The molecule has 5 heteroatoms. The molecule has 1 fully saturated rings. The third-order valence-electron chi connectivity index (χ3n) is 5.52. The predicted octanol–water partition coefficient (Wildman–Crippen LogP) is 3.29. The Hall–Kier alpha value is -2.82. The van der Waals surface area contributed by atoms with Gasteiger partial charge in [0.05, 0.1) is 13.5 Å². The SMILES string of the molecule is COc1cc(CC(=O)N2CCC(NC(=O)CCc3ccccc3)CC2)ccc1C. The standard InChI is InChI=1S/C24H30N2O3/c1-18-8-9-20(16-22(18)29-2)17-24(28)26-14-12-21(13-15-26)25-23(27)11-10-19-6-4-3-5-7-19/h3-9,16,21H,10-15,17H2,1-2H3,(H,25,27). The van der Waals surface area contributed by atoms with E-state index >= 15 is 0 Å². The van der Waals surface area contributed by atoms with Gasteiger partial charge in [-0.05, 0) is 48.9 Å². The molecule has 3 rings (SSSR count). The summed E-state index contributed by atoms with van der Waals surface area (Å²) in [7, 11) is 1.65. The average molecular weight is 395 g/mol. The number of piperidine rings is 1. The number of amides is 2. The predicted molar refractivity (Wildman–Crippen MR) is 114 cm³/mol. The van der Waals surface area contributed by atoms with Crippen molar-refractivity contribution in [3.63, 3.8) is 0 Å². The number of nitrogens with one attached hydrogen (secondary N) is 1. The molecule has 1 heterocycles. The fourth-order valence-corrected chi connectivity index (χ4v) is 3.74. The van der Waals surface area contributed by atoms with Gasteiger partial charge in [0, 0.05) is 25.6 Å². The van der Waals surface area contributed by atoms with Crippen molar-refractivity contribution in [1.29, 1.82) is 0 Å². The van der Waals surface area contributed by atoms with Crippen molar-refractivity contribution in [3.05, 3.63) is 65.2 Å². The highest BCUT2D eigenvalue weighted by Gasteiger charge is 2.24. The summed E-state index contributed by atoms with van der Waals surface area (Å²) >= 11 is 0. The second kappa shape index (κ2) is 10.1. The lowest BCUT2D eigenvalue weighted by atomic mass is 10.0. The highest BCUT2D eigenvalue weighted by molar-refractivity contribution is 5.79. The van der Waals surface area contributed by atoms with Gasteiger partial charge in [0.2, 0.25) is 11.8 Å². The number of nitrogens with zero attached hydrogens (tertiary/aromatic N) is 1. The Labute approximate surface area is 173 Å². The molecule has 1 saturated heterocycles. The maximum Gasteiger partial charge on any atom is 0.226 e. The summed E-state index contributed by atoms with van der Waals surface area (Å²) in [4.78, 5) is 26.8. The second-order valence-electron chi connectivity index (χ2n) is 7.69. The Kier molecular flexibility index (Phi) is 7.28. The Balaban J connectivity index is 1.41. The van der Waals surface area contributed by atoms with Crippen LogP contribution in [0.25, 0.3) is 0 Å². The lowest BCUT2D eigenvalue weighted by molar-refractivity contribution is -0.131. The third kappa shape index (κ3) is 6.08. The van der Waals surface area contributed by atoms with E-state index in [1.54, 1.807) is 7.11 Å². The van der Waals surface area contributed by atoms with Crippen molar-refractivity contribution < 1.29 is 14.3 Å². The number of hydrogen-bond acceptors (Lipinski definition) is 3. The van der Waals surface area contributed by atoms with E-state index in [4.69, 9.17) is 4.74 Å². The van der Waals surface area contributed by atoms with Crippen LogP contribution in [-0.2, 0) is 22.4 Å². The molecule has 0 aliphatic carbocycles. The molecule has 0 spiro atoms. The van der Waals surface area contributed by atoms with Crippen LogP contribution in [0.3, 0.4) is 0 Å².